The Hall–Kier alpha value is -0.710. The van der Waals surface area contributed by atoms with Crippen molar-refractivity contribution in [2.75, 3.05) is 0 Å². The standard InChI is InChI=1S/C11H21NO3S/c1-7(8(13)12-10(2,3)4)16-11(5,6)9(14)15/h7H,1-6H3,(H,12,13)(H,14,15). The van der Waals surface area contributed by atoms with Gasteiger partial charge in [0.1, 0.15) is 4.75 Å². The number of hydrogen-bond acceptors (Lipinski definition) is 3. The van der Waals surface area contributed by atoms with Gasteiger partial charge in [0, 0.05) is 5.54 Å². The molecule has 0 aromatic carbocycles. The Bertz CT molecular complexity index is 281. The van der Waals surface area contributed by atoms with Crippen molar-refractivity contribution in [1.82, 2.24) is 5.32 Å². The smallest absolute Gasteiger partial charge is 0.319 e. The molecule has 0 fully saturated rings. The Morgan fingerprint density at radius 3 is 1.94 bits per heavy atom. The minimum atomic E-state index is -0.950. The van der Waals surface area contributed by atoms with Crippen molar-refractivity contribution < 1.29 is 14.7 Å². The van der Waals surface area contributed by atoms with E-state index in [1.54, 1.807) is 20.8 Å². The highest BCUT2D eigenvalue weighted by atomic mass is 32.2. The van der Waals surface area contributed by atoms with E-state index in [1.165, 1.54) is 0 Å². The number of thioether (sulfide) groups is 1. The number of nitrogens with one attached hydrogen (secondary N) is 1. The molecule has 4 nitrogen and oxygen atoms in total. The third-order valence-electron chi connectivity index (χ3n) is 1.85. The van der Waals surface area contributed by atoms with E-state index in [1.807, 2.05) is 20.8 Å². The fraction of sp³-hybridized carbons (Fsp3) is 0.818. The summed E-state index contributed by atoms with van der Waals surface area (Å²) < 4.78 is -0.950. The van der Waals surface area contributed by atoms with Crippen molar-refractivity contribution in [2.24, 2.45) is 0 Å². The number of carboxylic acids is 1. The SMILES string of the molecule is CC(SC(C)(C)C(=O)O)C(=O)NC(C)(C)C. The van der Waals surface area contributed by atoms with E-state index in [9.17, 15) is 9.59 Å². The van der Waals surface area contributed by atoms with E-state index in [0.717, 1.165) is 11.8 Å². The number of carboxylic acid groups (broad SMARTS) is 1. The number of carbonyl (C=O) groups excluding carboxylic acids is 1. The Balaban J connectivity index is 4.43. The summed E-state index contributed by atoms with van der Waals surface area (Å²) in [5, 5.41) is 11.4. The predicted octanol–water partition coefficient (Wildman–Crippen LogP) is 1.89. The van der Waals surface area contributed by atoms with Crippen molar-refractivity contribution in [3.63, 3.8) is 0 Å². The molecule has 0 aliphatic heterocycles. The first-order valence-corrected chi connectivity index (χ1v) is 6.07. The summed E-state index contributed by atoms with van der Waals surface area (Å²) in [6.45, 7) is 10.6. The maximum Gasteiger partial charge on any atom is 0.319 e. The van der Waals surface area contributed by atoms with Crippen LogP contribution >= 0.6 is 11.8 Å². The normalized spacial score (nSPS) is 14.4. The minimum absolute atomic E-state index is 0.133. The maximum atomic E-state index is 11.7. The largest absolute Gasteiger partial charge is 0.480 e. The van der Waals surface area contributed by atoms with Crippen molar-refractivity contribution >= 4 is 23.6 Å². The van der Waals surface area contributed by atoms with Crippen LogP contribution in [-0.2, 0) is 9.59 Å². The van der Waals surface area contributed by atoms with Crippen LogP contribution in [0.2, 0.25) is 0 Å². The second-order valence-corrected chi connectivity index (χ2v) is 7.28. The van der Waals surface area contributed by atoms with Crippen LogP contribution in [0.3, 0.4) is 0 Å². The molecule has 0 aliphatic rings. The number of rotatable bonds is 4. The van der Waals surface area contributed by atoms with Crippen LogP contribution in [-0.4, -0.2) is 32.5 Å². The van der Waals surface area contributed by atoms with Crippen LogP contribution in [0.25, 0.3) is 0 Å². The third kappa shape index (κ3) is 5.39. The fourth-order valence-corrected chi connectivity index (χ4v) is 2.17. The lowest BCUT2D eigenvalue weighted by Gasteiger charge is -2.26. The number of aliphatic carboxylic acids is 1. The van der Waals surface area contributed by atoms with Crippen molar-refractivity contribution in [2.45, 2.75) is 57.1 Å². The number of hydrogen-bond donors (Lipinski definition) is 2. The van der Waals surface area contributed by atoms with Crippen molar-refractivity contribution in [3.05, 3.63) is 0 Å². The van der Waals surface area contributed by atoms with E-state index < -0.39 is 10.7 Å². The summed E-state index contributed by atoms with van der Waals surface area (Å²) in [7, 11) is 0. The molecule has 0 aliphatic carbocycles. The molecule has 94 valence electrons. The number of carbonyl (C=O) groups is 2. The molecule has 0 spiro atoms. The molecule has 1 atom stereocenters. The highest BCUT2D eigenvalue weighted by molar-refractivity contribution is 8.02. The lowest BCUT2D eigenvalue weighted by Crippen LogP contribution is -2.45. The molecule has 0 bridgehead atoms. The quantitative estimate of drug-likeness (QED) is 0.796. The van der Waals surface area contributed by atoms with Gasteiger partial charge in [0.2, 0.25) is 5.91 Å². The maximum absolute atomic E-state index is 11.7. The monoisotopic (exact) mass is 247 g/mol. The molecular formula is C11H21NO3S. The van der Waals surface area contributed by atoms with E-state index in [0.29, 0.717) is 0 Å². The molecule has 16 heavy (non-hydrogen) atoms. The number of amides is 1. The van der Waals surface area contributed by atoms with Gasteiger partial charge in [-0.3, -0.25) is 9.59 Å². The molecule has 1 amide bonds. The van der Waals surface area contributed by atoms with Crippen molar-refractivity contribution in [3.8, 4) is 0 Å². The lowest BCUT2D eigenvalue weighted by atomic mass is 10.1. The second-order valence-electron chi connectivity index (χ2n) is 5.31. The fourth-order valence-electron chi connectivity index (χ4n) is 1.02. The zero-order valence-electron chi connectivity index (χ0n) is 10.7. The first-order chi connectivity index (χ1) is 6.96. The Morgan fingerprint density at radius 2 is 1.62 bits per heavy atom. The van der Waals surface area contributed by atoms with Gasteiger partial charge in [-0.2, -0.15) is 0 Å². The third-order valence-corrected chi connectivity index (χ3v) is 3.19. The summed E-state index contributed by atoms with van der Waals surface area (Å²) in [6.07, 6.45) is 0. The van der Waals surface area contributed by atoms with Gasteiger partial charge in [0.25, 0.3) is 0 Å². The molecule has 0 aromatic heterocycles. The lowest BCUT2D eigenvalue weighted by molar-refractivity contribution is -0.138. The van der Waals surface area contributed by atoms with Gasteiger partial charge in [0.05, 0.1) is 5.25 Å². The molecule has 0 heterocycles. The van der Waals surface area contributed by atoms with E-state index in [-0.39, 0.29) is 16.7 Å². The van der Waals surface area contributed by atoms with Gasteiger partial charge in [-0.05, 0) is 41.5 Å². The zero-order valence-corrected chi connectivity index (χ0v) is 11.6. The zero-order chi connectivity index (χ0) is 13.1. The van der Waals surface area contributed by atoms with Crippen LogP contribution in [0.4, 0.5) is 0 Å². The summed E-state index contributed by atoms with van der Waals surface area (Å²) in [4.78, 5) is 22.6. The summed E-state index contributed by atoms with van der Waals surface area (Å²) in [6, 6.07) is 0. The average molecular weight is 247 g/mol. The average Bonchev–Trinajstić information content (AvgIpc) is 1.99. The van der Waals surface area contributed by atoms with Gasteiger partial charge < -0.3 is 10.4 Å². The Labute approximate surface area is 101 Å². The first kappa shape index (κ1) is 15.3. The molecule has 2 N–H and O–H groups in total. The van der Waals surface area contributed by atoms with Crippen LogP contribution < -0.4 is 5.32 Å². The molecule has 0 saturated heterocycles. The van der Waals surface area contributed by atoms with Crippen molar-refractivity contribution in [1.29, 1.82) is 0 Å². The van der Waals surface area contributed by atoms with Crippen LogP contribution in [0.15, 0.2) is 0 Å². The molecule has 1 unspecified atom stereocenters. The van der Waals surface area contributed by atoms with Gasteiger partial charge in [-0.15, -0.1) is 11.8 Å². The Morgan fingerprint density at radius 1 is 1.19 bits per heavy atom. The summed E-state index contributed by atoms with van der Waals surface area (Å²) in [5.74, 6) is -1.04. The van der Waals surface area contributed by atoms with Crippen LogP contribution in [0, 0.1) is 0 Å². The minimum Gasteiger partial charge on any atom is -0.480 e. The molecule has 5 heteroatoms. The molecule has 0 radical (unpaired) electrons. The Kier molecular flexibility index (Phi) is 4.85. The molecular weight excluding hydrogens is 226 g/mol. The highest BCUT2D eigenvalue weighted by Gasteiger charge is 2.33. The van der Waals surface area contributed by atoms with Gasteiger partial charge in [-0.1, -0.05) is 0 Å². The molecule has 0 rings (SSSR count). The van der Waals surface area contributed by atoms with E-state index >= 15 is 0 Å². The summed E-state index contributed by atoms with van der Waals surface area (Å²) >= 11 is 1.15. The predicted molar refractivity (Wildman–Crippen MR) is 66.7 cm³/mol. The molecule has 0 saturated carbocycles. The van der Waals surface area contributed by atoms with E-state index in [2.05, 4.69) is 5.32 Å². The molecule has 0 aromatic rings. The van der Waals surface area contributed by atoms with Crippen LogP contribution in [0.5, 0.6) is 0 Å². The van der Waals surface area contributed by atoms with Gasteiger partial charge in [0.15, 0.2) is 0 Å². The van der Waals surface area contributed by atoms with Gasteiger partial charge in [-0.25, -0.2) is 0 Å². The second kappa shape index (κ2) is 5.08. The van der Waals surface area contributed by atoms with E-state index in [4.69, 9.17) is 5.11 Å². The highest BCUT2D eigenvalue weighted by Crippen LogP contribution is 2.29. The van der Waals surface area contributed by atoms with Gasteiger partial charge >= 0.3 is 5.97 Å². The summed E-state index contributed by atoms with van der Waals surface area (Å²) in [5.41, 5.74) is -0.292. The van der Waals surface area contributed by atoms with Crippen LogP contribution in [0.1, 0.15) is 41.5 Å². The topological polar surface area (TPSA) is 66.4 Å². The first-order valence-electron chi connectivity index (χ1n) is 5.19.